The number of ether oxygens (including phenoxy) is 1. The highest BCUT2D eigenvalue weighted by Gasteiger charge is 2.43. The molecule has 5 heteroatoms. The van der Waals surface area contributed by atoms with Crippen LogP contribution in [0, 0.1) is 0 Å². The molecule has 0 bridgehead atoms. The average Bonchev–Trinajstić information content (AvgIpc) is 2.40. The van der Waals surface area contributed by atoms with Crippen LogP contribution in [-0.2, 0) is 19.2 Å². The SMILES string of the molecule is O=C1OC2C(c3ccccc3)CCCN2OC1=O. The Morgan fingerprint density at radius 3 is 2.67 bits per heavy atom. The van der Waals surface area contributed by atoms with Crippen molar-refractivity contribution in [2.24, 2.45) is 0 Å². The van der Waals surface area contributed by atoms with E-state index in [0.29, 0.717) is 6.54 Å². The third kappa shape index (κ3) is 1.86. The van der Waals surface area contributed by atoms with Crippen LogP contribution in [0.1, 0.15) is 24.3 Å². The van der Waals surface area contributed by atoms with Gasteiger partial charge in [-0.2, -0.15) is 0 Å². The van der Waals surface area contributed by atoms with E-state index in [1.807, 2.05) is 30.3 Å². The molecule has 0 radical (unpaired) electrons. The fraction of sp³-hybridized carbons (Fsp3) is 0.385. The second kappa shape index (κ2) is 4.42. The Bertz CT molecular complexity index is 473. The lowest BCUT2D eigenvalue weighted by molar-refractivity contribution is -0.277. The molecule has 1 aromatic rings. The molecule has 0 saturated carbocycles. The number of rotatable bonds is 1. The standard InChI is InChI=1S/C13H13NO4/c15-12-13(16)18-14-8-4-7-10(11(14)17-12)9-5-2-1-3-6-9/h1-3,5-6,10-11H,4,7-8H2. The lowest BCUT2D eigenvalue weighted by Gasteiger charge is -2.40. The number of esters is 1. The van der Waals surface area contributed by atoms with Crippen molar-refractivity contribution in [3.05, 3.63) is 35.9 Å². The summed E-state index contributed by atoms with van der Waals surface area (Å²) < 4.78 is 5.18. The molecule has 0 N–H and O–H groups in total. The van der Waals surface area contributed by atoms with Crippen molar-refractivity contribution in [3.8, 4) is 0 Å². The first-order valence-electron chi connectivity index (χ1n) is 6.00. The number of carbonyl (C=O) groups is 2. The van der Waals surface area contributed by atoms with Gasteiger partial charge < -0.3 is 9.57 Å². The largest absolute Gasteiger partial charge is 0.436 e. The summed E-state index contributed by atoms with van der Waals surface area (Å²) in [4.78, 5) is 27.4. The van der Waals surface area contributed by atoms with E-state index in [0.717, 1.165) is 18.4 Å². The van der Waals surface area contributed by atoms with Crippen LogP contribution in [0.15, 0.2) is 30.3 Å². The molecule has 0 spiro atoms. The Morgan fingerprint density at radius 1 is 1.11 bits per heavy atom. The van der Waals surface area contributed by atoms with E-state index in [9.17, 15) is 9.59 Å². The number of piperidine rings is 1. The van der Waals surface area contributed by atoms with Crippen molar-refractivity contribution >= 4 is 11.9 Å². The Balaban J connectivity index is 1.87. The van der Waals surface area contributed by atoms with E-state index in [1.165, 1.54) is 5.06 Å². The van der Waals surface area contributed by atoms with Crippen molar-refractivity contribution in [1.29, 1.82) is 0 Å². The molecule has 2 unspecified atom stereocenters. The monoisotopic (exact) mass is 247 g/mol. The predicted octanol–water partition coefficient (Wildman–Crippen LogP) is 1.21. The third-order valence-electron chi connectivity index (χ3n) is 3.34. The van der Waals surface area contributed by atoms with E-state index in [4.69, 9.17) is 9.57 Å². The van der Waals surface area contributed by atoms with Gasteiger partial charge >= 0.3 is 11.9 Å². The van der Waals surface area contributed by atoms with Gasteiger partial charge in [0.05, 0.1) is 0 Å². The molecule has 2 heterocycles. The van der Waals surface area contributed by atoms with Crippen LogP contribution >= 0.6 is 0 Å². The van der Waals surface area contributed by atoms with E-state index in [1.54, 1.807) is 0 Å². The fourth-order valence-corrected chi connectivity index (χ4v) is 2.51. The van der Waals surface area contributed by atoms with E-state index in [2.05, 4.69) is 0 Å². The van der Waals surface area contributed by atoms with E-state index in [-0.39, 0.29) is 5.92 Å². The molecule has 2 saturated heterocycles. The van der Waals surface area contributed by atoms with Crippen LogP contribution in [0.2, 0.25) is 0 Å². The van der Waals surface area contributed by atoms with Crippen LogP contribution in [0.5, 0.6) is 0 Å². The molecule has 0 amide bonds. The van der Waals surface area contributed by atoms with Crippen LogP contribution in [0.4, 0.5) is 0 Å². The lowest BCUT2D eigenvalue weighted by atomic mass is 9.89. The maximum Gasteiger partial charge on any atom is 0.436 e. The van der Waals surface area contributed by atoms with Gasteiger partial charge in [-0.3, -0.25) is 0 Å². The van der Waals surface area contributed by atoms with Crippen molar-refractivity contribution in [3.63, 3.8) is 0 Å². The summed E-state index contributed by atoms with van der Waals surface area (Å²) >= 11 is 0. The third-order valence-corrected chi connectivity index (χ3v) is 3.34. The van der Waals surface area contributed by atoms with Crippen LogP contribution in [0.25, 0.3) is 0 Å². The van der Waals surface area contributed by atoms with Crippen molar-refractivity contribution in [2.75, 3.05) is 6.54 Å². The Labute approximate surface area is 104 Å². The lowest BCUT2D eigenvalue weighted by Crippen LogP contribution is -2.53. The summed E-state index contributed by atoms with van der Waals surface area (Å²) in [5.41, 5.74) is 1.10. The van der Waals surface area contributed by atoms with E-state index >= 15 is 0 Å². The summed E-state index contributed by atoms with van der Waals surface area (Å²) in [7, 11) is 0. The predicted molar refractivity (Wildman–Crippen MR) is 61.1 cm³/mol. The minimum absolute atomic E-state index is 0.0528. The molecular weight excluding hydrogens is 234 g/mol. The maximum atomic E-state index is 11.3. The highest BCUT2D eigenvalue weighted by atomic mass is 16.8. The number of hydrogen-bond donors (Lipinski definition) is 0. The first-order chi connectivity index (χ1) is 8.75. The molecule has 1 aromatic carbocycles. The van der Waals surface area contributed by atoms with Gasteiger partial charge in [-0.25, -0.2) is 9.59 Å². The van der Waals surface area contributed by atoms with E-state index < -0.39 is 18.2 Å². The first kappa shape index (κ1) is 11.2. The molecular formula is C13H13NO4. The van der Waals surface area contributed by atoms with Crippen LogP contribution in [-0.4, -0.2) is 29.8 Å². The van der Waals surface area contributed by atoms with Gasteiger partial charge in [0.1, 0.15) is 0 Å². The van der Waals surface area contributed by atoms with Crippen molar-refractivity contribution < 1.29 is 19.2 Å². The summed E-state index contributed by atoms with van der Waals surface area (Å²) in [6.07, 6.45) is 1.32. The topological polar surface area (TPSA) is 55.8 Å². The van der Waals surface area contributed by atoms with Gasteiger partial charge in [-0.1, -0.05) is 35.4 Å². The highest BCUT2D eigenvalue weighted by Crippen LogP contribution is 2.35. The quantitative estimate of drug-likeness (QED) is 0.551. The second-order valence-electron chi connectivity index (χ2n) is 4.47. The van der Waals surface area contributed by atoms with Gasteiger partial charge in [0.15, 0.2) is 6.23 Å². The number of benzene rings is 1. The van der Waals surface area contributed by atoms with Crippen molar-refractivity contribution in [1.82, 2.24) is 5.06 Å². The number of nitrogens with zero attached hydrogens (tertiary/aromatic N) is 1. The maximum absolute atomic E-state index is 11.3. The van der Waals surface area contributed by atoms with Gasteiger partial charge in [-0.15, -0.1) is 0 Å². The summed E-state index contributed by atoms with van der Waals surface area (Å²) in [5, 5.41) is 1.48. The van der Waals surface area contributed by atoms with Gasteiger partial charge in [-0.05, 0) is 18.4 Å². The Kier molecular flexibility index (Phi) is 2.76. The molecule has 2 atom stereocenters. The number of hydroxylamine groups is 2. The zero-order valence-electron chi connectivity index (χ0n) is 9.74. The summed E-state index contributed by atoms with van der Waals surface area (Å²) in [6.45, 7) is 0.604. The molecule has 0 aromatic heterocycles. The van der Waals surface area contributed by atoms with Crippen LogP contribution in [0.3, 0.4) is 0 Å². The Hall–Kier alpha value is -1.88. The Morgan fingerprint density at radius 2 is 1.89 bits per heavy atom. The molecule has 3 rings (SSSR count). The molecule has 2 aliphatic heterocycles. The molecule has 0 aliphatic carbocycles. The summed E-state index contributed by atoms with van der Waals surface area (Å²) in [6, 6.07) is 9.84. The molecule has 94 valence electrons. The average molecular weight is 247 g/mol. The second-order valence-corrected chi connectivity index (χ2v) is 4.47. The van der Waals surface area contributed by atoms with Crippen molar-refractivity contribution in [2.45, 2.75) is 25.0 Å². The van der Waals surface area contributed by atoms with Gasteiger partial charge in [0.2, 0.25) is 0 Å². The van der Waals surface area contributed by atoms with Gasteiger partial charge in [0, 0.05) is 12.5 Å². The van der Waals surface area contributed by atoms with Gasteiger partial charge in [0.25, 0.3) is 0 Å². The highest BCUT2D eigenvalue weighted by molar-refractivity contribution is 6.29. The first-order valence-corrected chi connectivity index (χ1v) is 6.00. The minimum atomic E-state index is -0.931. The number of fused-ring (bicyclic) bond motifs is 1. The molecule has 2 aliphatic rings. The minimum Gasteiger partial charge on any atom is -0.434 e. The molecule has 18 heavy (non-hydrogen) atoms. The zero-order chi connectivity index (χ0) is 12.5. The number of hydrogen-bond acceptors (Lipinski definition) is 5. The summed E-state index contributed by atoms with van der Waals surface area (Å²) in [5.74, 6) is -1.78. The fourth-order valence-electron chi connectivity index (χ4n) is 2.51. The molecule has 5 nitrogen and oxygen atoms in total. The van der Waals surface area contributed by atoms with Crippen LogP contribution < -0.4 is 0 Å². The normalized spacial score (nSPS) is 28.2. The zero-order valence-corrected chi connectivity index (χ0v) is 9.74. The number of carbonyl (C=O) groups excluding carboxylic acids is 2. The smallest absolute Gasteiger partial charge is 0.434 e. The molecule has 2 fully saturated rings.